The SMILES string of the molecule is Cc1cc(CN(C)CCNC(C)C)on1. The van der Waals surface area contributed by atoms with Crippen LogP contribution in [0.5, 0.6) is 0 Å². The Morgan fingerprint density at radius 2 is 2.27 bits per heavy atom. The molecule has 0 aromatic carbocycles. The van der Waals surface area contributed by atoms with Gasteiger partial charge in [-0.25, -0.2) is 0 Å². The molecule has 1 N–H and O–H groups in total. The molecule has 0 saturated carbocycles. The van der Waals surface area contributed by atoms with Gasteiger partial charge in [-0.05, 0) is 14.0 Å². The molecule has 1 aromatic heterocycles. The Balaban J connectivity index is 2.21. The number of aromatic nitrogens is 1. The van der Waals surface area contributed by atoms with Crippen LogP contribution in [0.4, 0.5) is 0 Å². The third-order valence-corrected chi connectivity index (χ3v) is 2.15. The monoisotopic (exact) mass is 211 g/mol. The van der Waals surface area contributed by atoms with E-state index in [-0.39, 0.29) is 0 Å². The van der Waals surface area contributed by atoms with Gasteiger partial charge in [-0.2, -0.15) is 0 Å². The molecular weight excluding hydrogens is 190 g/mol. The van der Waals surface area contributed by atoms with Crippen molar-refractivity contribution in [2.75, 3.05) is 20.1 Å². The van der Waals surface area contributed by atoms with Crippen LogP contribution >= 0.6 is 0 Å². The summed E-state index contributed by atoms with van der Waals surface area (Å²) in [6.45, 7) is 9.08. The maximum Gasteiger partial charge on any atom is 0.150 e. The minimum Gasteiger partial charge on any atom is -0.360 e. The number of aryl methyl sites for hydroxylation is 1. The van der Waals surface area contributed by atoms with Crippen LogP contribution in [0.3, 0.4) is 0 Å². The van der Waals surface area contributed by atoms with Gasteiger partial charge in [-0.1, -0.05) is 19.0 Å². The smallest absolute Gasteiger partial charge is 0.150 e. The highest BCUT2D eigenvalue weighted by atomic mass is 16.5. The van der Waals surface area contributed by atoms with Crippen molar-refractivity contribution in [1.29, 1.82) is 0 Å². The first-order valence-corrected chi connectivity index (χ1v) is 5.42. The highest BCUT2D eigenvalue weighted by Gasteiger charge is 2.04. The lowest BCUT2D eigenvalue weighted by atomic mass is 10.3. The molecule has 0 fully saturated rings. The third-order valence-electron chi connectivity index (χ3n) is 2.15. The molecule has 4 nitrogen and oxygen atoms in total. The average Bonchev–Trinajstić information content (AvgIpc) is 2.50. The molecule has 0 spiro atoms. The molecule has 15 heavy (non-hydrogen) atoms. The van der Waals surface area contributed by atoms with Gasteiger partial charge < -0.3 is 9.84 Å². The molecule has 0 saturated heterocycles. The molecule has 0 radical (unpaired) electrons. The van der Waals surface area contributed by atoms with Gasteiger partial charge in [0.2, 0.25) is 0 Å². The summed E-state index contributed by atoms with van der Waals surface area (Å²) in [4.78, 5) is 2.22. The van der Waals surface area contributed by atoms with Gasteiger partial charge in [0.25, 0.3) is 0 Å². The van der Waals surface area contributed by atoms with Crippen LogP contribution in [-0.2, 0) is 6.54 Å². The van der Waals surface area contributed by atoms with E-state index in [0.29, 0.717) is 6.04 Å². The van der Waals surface area contributed by atoms with Gasteiger partial charge in [0.05, 0.1) is 12.2 Å². The largest absolute Gasteiger partial charge is 0.360 e. The van der Waals surface area contributed by atoms with Crippen LogP contribution in [0, 0.1) is 6.92 Å². The van der Waals surface area contributed by atoms with Gasteiger partial charge >= 0.3 is 0 Å². The van der Waals surface area contributed by atoms with Crippen LogP contribution in [0.1, 0.15) is 25.3 Å². The zero-order valence-electron chi connectivity index (χ0n) is 10.1. The third kappa shape index (κ3) is 4.95. The molecule has 0 atom stereocenters. The van der Waals surface area contributed by atoms with E-state index >= 15 is 0 Å². The van der Waals surface area contributed by atoms with Crippen molar-refractivity contribution >= 4 is 0 Å². The van der Waals surface area contributed by atoms with Crippen molar-refractivity contribution in [2.45, 2.75) is 33.4 Å². The molecule has 1 rings (SSSR count). The van der Waals surface area contributed by atoms with E-state index in [1.54, 1.807) is 0 Å². The first-order valence-electron chi connectivity index (χ1n) is 5.42. The van der Waals surface area contributed by atoms with Crippen LogP contribution < -0.4 is 5.32 Å². The lowest BCUT2D eigenvalue weighted by molar-refractivity contribution is 0.269. The Morgan fingerprint density at radius 3 is 2.80 bits per heavy atom. The second-order valence-electron chi connectivity index (χ2n) is 4.28. The summed E-state index contributed by atoms with van der Waals surface area (Å²) in [7, 11) is 2.08. The van der Waals surface area contributed by atoms with Crippen LogP contribution in [0.25, 0.3) is 0 Å². The van der Waals surface area contributed by atoms with Gasteiger partial charge in [0, 0.05) is 25.2 Å². The van der Waals surface area contributed by atoms with E-state index in [4.69, 9.17) is 4.52 Å². The number of nitrogens with zero attached hydrogens (tertiary/aromatic N) is 2. The van der Waals surface area contributed by atoms with E-state index in [1.807, 2.05) is 13.0 Å². The molecule has 0 unspecified atom stereocenters. The minimum absolute atomic E-state index is 0.547. The van der Waals surface area contributed by atoms with Crippen LogP contribution in [-0.4, -0.2) is 36.2 Å². The Bertz CT molecular complexity index is 283. The fraction of sp³-hybridized carbons (Fsp3) is 0.727. The Morgan fingerprint density at radius 1 is 1.53 bits per heavy atom. The van der Waals surface area contributed by atoms with E-state index in [9.17, 15) is 0 Å². The molecule has 0 aliphatic rings. The highest BCUT2D eigenvalue weighted by molar-refractivity contribution is 5.02. The maximum atomic E-state index is 5.15. The molecule has 0 aliphatic carbocycles. The lowest BCUT2D eigenvalue weighted by Gasteiger charge is -2.16. The van der Waals surface area contributed by atoms with Crippen molar-refractivity contribution < 1.29 is 4.52 Å². The summed E-state index contributed by atoms with van der Waals surface area (Å²) in [6.07, 6.45) is 0. The Hall–Kier alpha value is -0.870. The van der Waals surface area contributed by atoms with E-state index in [2.05, 4.69) is 36.3 Å². The number of hydrogen-bond donors (Lipinski definition) is 1. The predicted octanol–water partition coefficient (Wildman–Crippen LogP) is 1.41. The Kier molecular flexibility index (Phi) is 4.78. The first-order chi connectivity index (χ1) is 7.08. The minimum atomic E-state index is 0.547. The summed E-state index contributed by atoms with van der Waals surface area (Å²) in [5.74, 6) is 0.930. The molecule has 0 amide bonds. The topological polar surface area (TPSA) is 41.3 Å². The predicted molar refractivity (Wildman–Crippen MR) is 60.7 cm³/mol. The molecule has 0 bridgehead atoms. The molecule has 1 aromatic rings. The maximum absolute atomic E-state index is 5.15. The van der Waals surface area contributed by atoms with Crippen LogP contribution in [0.15, 0.2) is 10.6 Å². The summed E-state index contributed by atoms with van der Waals surface area (Å²) < 4.78 is 5.15. The molecule has 4 heteroatoms. The summed E-state index contributed by atoms with van der Waals surface area (Å²) in [5.41, 5.74) is 0.943. The van der Waals surface area contributed by atoms with Crippen molar-refractivity contribution in [2.24, 2.45) is 0 Å². The summed E-state index contributed by atoms with van der Waals surface area (Å²) in [5, 5.41) is 7.24. The highest BCUT2D eigenvalue weighted by Crippen LogP contribution is 2.04. The van der Waals surface area contributed by atoms with Crippen LogP contribution in [0.2, 0.25) is 0 Å². The van der Waals surface area contributed by atoms with E-state index in [1.165, 1.54) is 0 Å². The normalized spacial score (nSPS) is 11.6. The van der Waals surface area contributed by atoms with Crippen molar-refractivity contribution in [3.8, 4) is 0 Å². The number of hydrogen-bond acceptors (Lipinski definition) is 4. The molecule has 1 heterocycles. The summed E-state index contributed by atoms with van der Waals surface area (Å²) in [6, 6.07) is 2.53. The molecule has 0 aliphatic heterocycles. The van der Waals surface area contributed by atoms with Crippen molar-refractivity contribution in [3.63, 3.8) is 0 Å². The van der Waals surface area contributed by atoms with Crippen molar-refractivity contribution in [3.05, 3.63) is 17.5 Å². The second-order valence-corrected chi connectivity index (χ2v) is 4.28. The van der Waals surface area contributed by atoms with Crippen molar-refractivity contribution in [1.82, 2.24) is 15.4 Å². The first kappa shape index (κ1) is 12.2. The second kappa shape index (κ2) is 5.88. The van der Waals surface area contributed by atoms with E-state index < -0.39 is 0 Å². The zero-order chi connectivity index (χ0) is 11.3. The number of rotatable bonds is 6. The molecular formula is C11H21N3O. The van der Waals surface area contributed by atoms with Gasteiger partial charge in [0.1, 0.15) is 0 Å². The lowest BCUT2D eigenvalue weighted by Crippen LogP contribution is -2.32. The quantitative estimate of drug-likeness (QED) is 0.772. The van der Waals surface area contributed by atoms with Gasteiger partial charge in [-0.3, -0.25) is 4.90 Å². The fourth-order valence-electron chi connectivity index (χ4n) is 1.38. The zero-order valence-corrected chi connectivity index (χ0v) is 10.1. The number of nitrogens with one attached hydrogen (secondary N) is 1. The number of likely N-dealkylation sites (N-methyl/N-ethyl adjacent to an activating group) is 1. The standard InChI is InChI=1S/C11H21N3O/c1-9(2)12-5-6-14(4)8-11-7-10(3)13-15-11/h7,9,12H,5-6,8H2,1-4H3. The van der Waals surface area contributed by atoms with Gasteiger partial charge in [-0.15, -0.1) is 0 Å². The summed E-state index contributed by atoms with van der Waals surface area (Å²) >= 11 is 0. The van der Waals surface area contributed by atoms with Gasteiger partial charge in [0.15, 0.2) is 5.76 Å². The average molecular weight is 211 g/mol. The molecule has 86 valence electrons. The van der Waals surface area contributed by atoms with E-state index in [0.717, 1.165) is 31.1 Å². The fourth-order valence-corrected chi connectivity index (χ4v) is 1.38. The Labute approximate surface area is 91.6 Å².